The summed E-state index contributed by atoms with van der Waals surface area (Å²) in [6, 6.07) is 2.53. The Morgan fingerprint density at radius 2 is 2.42 bits per heavy atom. The Kier molecular flexibility index (Phi) is 4.09. The molecular formula is C13H18N2O4. The van der Waals surface area contributed by atoms with Crippen molar-refractivity contribution in [2.24, 2.45) is 0 Å². The Morgan fingerprint density at radius 1 is 1.63 bits per heavy atom. The summed E-state index contributed by atoms with van der Waals surface area (Å²) in [6.45, 7) is 2.36. The van der Waals surface area contributed by atoms with Crippen LogP contribution in [0.3, 0.4) is 0 Å². The lowest BCUT2D eigenvalue weighted by molar-refractivity contribution is -0.141. The van der Waals surface area contributed by atoms with Crippen LogP contribution in [0.15, 0.2) is 22.8 Å². The molecule has 6 heteroatoms. The number of aliphatic carboxylic acids is 1. The van der Waals surface area contributed by atoms with E-state index in [0.717, 1.165) is 12.2 Å². The van der Waals surface area contributed by atoms with E-state index in [1.807, 2.05) is 13.0 Å². The van der Waals surface area contributed by atoms with E-state index in [2.05, 4.69) is 5.32 Å². The SMILES string of the molecule is CC(Cc1ccco1)NC(=O)N1CCC[C@@H]1C(=O)O. The molecule has 2 amide bonds. The molecule has 0 bridgehead atoms. The Labute approximate surface area is 111 Å². The molecule has 1 aliphatic rings. The van der Waals surface area contributed by atoms with E-state index in [1.165, 1.54) is 4.90 Å². The number of amides is 2. The second-order valence-corrected chi connectivity index (χ2v) is 4.82. The zero-order valence-electron chi connectivity index (χ0n) is 10.8. The number of hydrogen-bond donors (Lipinski definition) is 2. The van der Waals surface area contributed by atoms with Crippen LogP contribution in [0.4, 0.5) is 4.79 Å². The Balaban J connectivity index is 1.88. The van der Waals surface area contributed by atoms with Gasteiger partial charge >= 0.3 is 12.0 Å². The molecule has 1 aromatic heterocycles. The minimum absolute atomic E-state index is 0.103. The fourth-order valence-electron chi connectivity index (χ4n) is 2.34. The highest BCUT2D eigenvalue weighted by Gasteiger charge is 2.34. The maximum atomic E-state index is 12.0. The number of likely N-dealkylation sites (tertiary alicyclic amines) is 1. The van der Waals surface area contributed by atoms with Gasteiger partial charge in [-0.25, -0.2) is 9.59 Å². The zero-order valence-corrected chi connectivity index (χ0v) is 10.8. The monoisotopic (exact) mass is 266 g/mol. The Bertz CT molecular complexity index is 444. The first-order valence-corrected chi connectivity index (χ1v) is 6.40. The second-order valence-electron chi connectivity index (χ2n) is 4.82. The van der Waals surface area contributed by atoms with Crippen LogP contribution in [0.1, 0.15) is 25.5 Å². The predicted molar refractivity (Wildman–Crippen MR) is 67.8 cm³/mol. The van der Waals surface area contributed by atoms with Crippen LogP contribution in [0.5, 0.6) is 0 Å². The first kappa shape index (κ1) is 13.5. The van der Waals surface area contributed by atoms with Gasteiger partial charge < -0.3 is 19.7 Å². The summed E-state index contributed by atoms with van der Waals surface area (Å²) in [4.78, 5) is 24.4. The number of urea groups is 1. The summed E-state index contributed by atoms with van der Waals surface area (Å²) in [7, 11) is 0. The molecule has 1 fully saturated rings. The average molecular weight is 266 g/mol. The molecule has 2 N–H and O–H groups in total. The first-order chi connectivity index (χ1) is 9.08. The van der Waals surface area contributed by atoms with Gasteiger partial charge in [0.2, 0.25) is 0 Å². The van der Waals surface area contributed by atoms with E-state index < -0.39 is 12.0 Å². The molecule has 6 nitrogen and oxygen atoms in total. The second kappa shape index (κ2) is 5.77. The number of nitrogens with one attached hydrogen (secondary N) is 1. The molecule has 0 radical (unpaired) electrons. The summed E-state index contributed by atoms with van der Waals surface area (Å²) < 4.78 is 5.21. The normalized spacial score (nSPS) is 20.3. The summed E-state index contributed by atoms with van der Waals surface area (Å²) in [6.07, 6.45) is 3.43. The van der Waals surface area contributed by atoms with Crippen molar-refractivity contribution in [1.82, 2.24) is 10.2 Å². The highest BCUT2D eigenvalue weighted by molar-refractivity contribution is 5.83. The molecule has 2 rings (SSSR count). The molecule has 0 saturated carbocycles. The predicted octanol–water partition coefficient (Wildman–Crippen LogP) is 1.47. The van der Waals surface area contributed by atoms with Gasteiger partial charge in [0.05, 0.1) is 6.26 Å². The van der Waals surface area contributed by atoms with Crippen LogP contribution < -0.4 is 5.32 Å². The van der Waals surface area contributed by atoms with Gasteiger partial charge in [0.15, 0.2) is 0 Å². The molecule has 2 heterocycles. The van der Waals surface area contributed by atoms with Crippen molar-refractivity contribution in [3.63, 3.8) is 0 Å². The fraction of sp³-hybridized carbons (Fsp3) is 0.538. The van der Waals surface area contributed by atoms with Crippen molar-refractivity contribution in [2.75, 3.05) is 6.54 Å². The number of nitrogens with zero attached hydrogens (tertiary/aromatic N) is 1. The van der Waals surface area contributed by atoms with E-state index >= 15 is 0 Å². The summed E-state index contributed by atoms with van der Waals surface area (Å²) in [5.74, 6) is -0.143. The van der Waals surface area contributed by atoms with Gasteiger partial charge in [-0.05, 0) is 31.9 Å². The van der Waals surface area contributed by atoms with Gasteiger partial charge in [0.1, 0.15) is 11.8 Å². The highest BCUT2D eigenvalue weighted by Crippen LogP contribution is 2.17. The average Bonchev–Trinajstić information content (AvgIpc) is 2.97. The molecule has 0 aliphatic carbocycles. The van der Waals surface area contributed by atoms with Gasteiger partial charge in [-0.2, -0.15) is 0 Å². The number of rotatable bonds is 4. The Hall–Kier alpha value is -1.98. The minimum Gasteiger partial charge on any atom is -0.480 e. The number of carboxylic acid groups (broad SMARTS) is 1. The van der Waals surface area contributed by atoms with Crippen molar-refractivity contribution in [3.05, 3.63) is 24.2 Å². The van der Waals surface area contributed by atoms with E-state index in [9.17, 15) is 9.59 Å². The van der Waals surface area contributed by atoms with Crippen LogP contribution >= 0.6 is 0 Å². The maximum absolute atomic E-state index is 12.0. The van der Waals surface area contributed by atoms with E-state index in [4.69, 9.17) is 9.52 Å². The lowest BCUT2D eigenvalue weighted by Gasteiger charge is -2.24. The molecule has 1 unspecified atom stereocenters. The summed E-state index contributed by atoms with van der Waals surface area (Å²) >= 11 is 0. The van der Waals surface area contributed by atoms with Crippen molar-refractivity contribution in [2.45, 2.75) is 38.3 Å². The van der Waals surface area contributed by atoms with Crippen molar-refractivity contribution in [1.29, 1.82) is 0 Å². The van der Waals surface area contributed by atoms with Crippen LogP contribution in [0.25, 0.3) is 0 Å². The number of furan rings is 1. The highest BCUT2D eigenvalue weighted by atomic mass is 16.4. The smallest absolute Gasteiger partial charge is 0.326 e. The van der Waals surface area contributed by atoms with Crippen LogP contribution in [0.2, 0.25) is 0 Å². The van der Waals surface area contributed by atoms with Gasteiger partial charge in [0.25, 0.3) is 0 Å². The quantitative estimate of drug-likeness (QED) is 0.864. The first-order valence-electron chi connectivity index (χ1n) is 6.40. The van der Waals surface area contributed by atoms with E-state index in [0.29, 0.717) is 19.4 Å². The lowest BCUT2D eigenvalue weighted by atomic mass is 10.2. The molecule has 1 aliphatic heterocycles. The van der Waals surface area contributed by atoms with Crippen molar-refractivity contribution in [3.8, 4) is 0 Å². The number of hydrogen-bond acceptors (Lipinski definition) is 3. The standard InChI is InChI=1S/C13H18N2O4/c1-9(8-10-4-3-7-19-10)14-13(18)15-6-2-5-11(15)12(16)17/h3-4,7,9,11H,2,5-6,8H2,1H3,(H,14,18)(H,16,17)/t9?,11-/m1/s1. The molecule has 19 heavy (non-hydrogen) atoms. The molecule has 2 atom stereocenters. The van der Waals surface area contributed by atoms with E-state index in [1.54, 1.807) is 12.3 Å². The largest absolute Gasteiger partial charge is 0.480 e. The van der Waals surface area contributed by atoms with Gasteiger partial charge in [-0.1, -0.05) is 0 Å². The minimum atomic E-state index is -0.939. The molecule has 1 saturated heterocycles. The third-order valence-corrected chi connectivity index (χ3v) is 3.26. The molecule has 1 aromatic rings. The van der Waals surface area contributed by atoms with Crippen LogP contribution in [-0.4, -0.2) is 40.6 Å². The van der Waals surface area contributed by atoms with Crippen molar-refractivity contribution < 1.29 is 19.1 Å². The molecule has 0 spiro atoms. The van der Waals surface area contributed by atoms with Crippen molar-refractivity contribution >= 4 is 12.0 Å². The molecular weight excluding hydrogens is 248 g/mol. The third kappa shape index (κ3) is 3.27. The summed E-state index contributed by atoms with van der Waals surface area (Å²) in [5, 5.41) is 11.8. The maximum Gasteiger partial charge on any atom is 0.326 e. The van der Waals surface area contributed by atoms with E-state index in [-0.39, 0.29) is 12.1 Å². The lowest BCUT2D eigenvalue weighted by Crippen LogP contribution is -2.48. The number of carbonyl (C=O) groups excluding carboxylic acids is 1. The number of carboxylic acids is 1. The Morgan fingerprint density at radius 3 is 3.05 bits per heavy atom. The third-order valence-electron chi connectivity index (χ3n) is 3.26. The number of carbonyl (C=O) groups is 2. The fourth-order valence-corrected chi connectivity index (χ4v) is 2.34. The van der Waals surface area contributed by atoms with Gasteiger partial charge in [0, 0.05) is 19.0 Å². The summed E-state index contributed by atoms with van der Waals surface area (Å²) in [5.41, 5.74) is 0. The van der Waals surface area contributed by atoms with Crippen LogP contribution in [-0.2, 0) is 11.2 Å². The zero-order chi connectivity index (χ0) is 13.8. The molecule has 104 valence electrons. The van der Waals surface area contributed by atoms with Gasteiger partial charge in [-0.3, -0.25) is 0 Å². The topological polar surface area (TPSA) is 82.8 Å². The van der Waals surface area contributed by atoms with Gasteiger partial charge in [-0.15, -0.1) is 0 Å². The molecule has 0 aromatic carbocycles. The van der Waals surface area contributed by atoms with Crippen LogP contribution in [0, 0.1) is 0 Å².